The van der Waals surface area contributed by atoms with Crippen LogP contribution < -0.4 is 16.0 Å². The number of piperidine rings is 1. The van der Waals surface area contributed by atoms with E-state index in [4.69, 9.17) is 0 Å². The maximum atomic E-state index is 14.1. The molecule has 0 spiro atoms. The summed E-state index contributed by atoms with van der Waals surface area (Å²) in [5.41, 5.74) is 4.53. The fourth-order valence-corrected chi connectivity index (χ4v) is 6.14. The second kappa shape index (κ2) is 13.9. The van der Waals surface area contributed by atoms with Gasteiger partial charge in [-0.2, -0.15) is 0 Å². The Balaban J connectivity index is 1.39. The number of H-pyrrole nitrogens is 1. The number of anilines is 1. The molecule has 2 heterocycles. The Labute approximate surface area is 263 Å². The SMILES string of the molecule is CNC(=O)c1ccc(CN(C)C)cc1NC(=O)[C@H](NC(=O)N1CCC(c2ccc(F)cc2)CC1)[C@H](C)c1c[nH]c2ccccc12. The van der Waals surface area contributed by atoms with Gasteiger partial charge in [-0.25, -0.2) is 9.18 Å². The van der Waals surface area contributed by atoms with Gasteiger partial charge < -0.3 is 30.7 Å². The van der Waals surface area contributed by atoms with E-state index in [9.17, 15) is 18.8 Å². The molecule has 1 saturated heterocycles. The molecule has 0 aliphatic carbocycles. The van der Waals surface area contributed by atoms with Gasteiger partial charge in [-0.15, -0.1) is 0 Å². The largest absolute Gasteiger partial charge is 0.361 e. The first-order chi connectivity index (χ1) is 21.6. The van der Waals surface area contributed by atoms with E-state index in [-0.39, 0.29) is 23.7 Å². The Morgan fingerprint density at radius 2 is 1.73 bits per heavy atom. The van der Waals surface area contributed by atoms with Crippen molar-refractivity contribution in [3.05, 3.63) is 101 Å². The number of benzene rings is 3. The number of urea groups is 1. The van der Waals surface area contributed by atoms with Gasteiger partial charge >= 0.3 is 6.03 Å². The van der Waals surface area contributed by atoms with E-state index >= 15 is 0 Å². The molecule has 1 fully saturated rings. The lowest BCUT2D eigenvalue weighted by molar-refractivity contribution is -0.118. The van der Waals surface area contributed by atoms with Crippen molar-refractivity contribution in [3.8, 4) is 0 Å². The highest BCUT2D eigenvalue weighted by atomic mass is 19.1. The number of carbonyl (C=O) groups excluding carboxylic acids is 3. The van der Waals surface area contributed by atoms with Gasteiger partial charge in [0.2, 0.25) is 5.91 Å². The standard InChI is InChI=1S/C35H41FN6O3/c1-22(29-20-38-30-8-6-5-7-27(29)30)32(34(44)39-31-19-23(21-41(3)4)9-14-28(31)33(43)37-2)40-35(45)42-17-15-25(16-18-42)24-10-12-26(36)13-11-24/h5-14,19-20,22,25,32,38H,15-18,21H2,1-4H3,(H,37,43)(H,39,44)(H,40,45)/t22-,32-/m1/s1. The molecule has 45 heavy (non-hydrogen) atoms. The first-order valence-corrected chi connectivity index (χ1v) is 15.3. The van der Waals surface area contributed by atoms with Gasteiger partial charge in [-0.3, -0.25) is 9.59 Å². The van der Waals surface area contributed by atoms with Crippen LogP contribution in [0.25, 0.3) is 10.9 Å². The lowest BCUT2D eigenvalue weighted by Crippen LogP contribution is -2.53. The van der Waals surface area contributed by atoms with Crippen LogP contribution in [0.4, 0.5) is 14.9 Å². The monoisotopic (exact) mass is 612 g/mol. The topological polar surface area (TPSA) is 110 Å². The zero-order chi connectivity index (χ0) is 32.1. The van der Waals surface area contributed by atoms with Crippen LogP contribution in [0.3, 0.4) is 0 Å². The Morgan fingerprint density at radius 1 is 1.02 bits per heavy atom. The quantitative estimate of drug-likeness (QED) is 0.202. The molecule has 5 rings (SSSR count). The van der Waals surface area contributed by atoms with E-state index in [2.05, 4.69) is 20.9 Å². The van der Waals surface area contributed by atoms with Crippen molar-refractivity contribution in [1.29, 1.82) is 0 Å². The minimum absolute atomic E-state index is 0.233. The number of hydrogen-bond acceptors (Lipinski definition) is 4. The number of para-hydroxylation sites is 1. The number of halogens is 1. The lowest BCUT2D eigenvalue weighted by Gasteiger charge is -2.34. The molecule has 10 heteroatoms. The smallest absolute Gasteiger partial charge is 0.318 e. The van der Waals surface area contributed by atoms with Crippen LogP contribution in [0.15, 0.2) is 72.9 Å². The van der Waals surface area contributed by atoms with Gasteiger partial charge in [0.15, 0.2) is 0 Å². The third kappa shape index (κ3) is 7.34. The van der Waals surface area contributed by atoms with Crippen LogP contribution in [0.2, 0.25) is 0 Å². The second-order valence-corrected chi connectivity index (χ2v) is 12.0. The molecule has 236 valence electrons. The summed E-state index contributed by atoms with van der Waals surface area (Å²) in [6, 6.07) is 18.5. The Morgan fingerprint density at radius 3 is 2.42 bits per heavy atom. The molecular formula is C35H41FN6O3. The number of aromatic nitrogens is 1. The number of nitrogens with zero attached hydrogens (tertiary/aromatic N) is 2. The fourth-order valence-electron chi connectivity index (χ4n) is 6.14. The van der Waals surface area contributed by atoms with E-state index in [0.717, 1.165) is 40.4 Å². The summed E-state index contributed by atoms with van der Waals surface area (Å²) in [5.74, 6) is -1.19. The lowest BCUT2D eigenvalue weighted by atomic mass is 9.89. The molecule has 4 N–H and O–H groups in total. The van der Waals surface area contributed by atoms with Gasteiger partial charge in [0, 0.05) is 49.7 Å². The Bertz CT molecular complexity index is 1660. The molecule has 3 aromatic carbocycles. The van der Waals surface area contributed by atoms with Gasteiger partial charge in [-0.1, -0.05) is 43.3 Å². The molecule has 4 aromatic rings. The van der Waals surface area contributed by atoms with Gasteiger partial charge in [0.05, 0.1) is 11.3 Å². The molecule has 0 radical (unpaired) electrons. The highest BCUT2D eigenvalue weighted by molar-refractivity contribution is 6.06. The van der Waals surface area contributed by atoms with Crippen molar-refractivity contribution in [2.24, 2.45) is 0 Å². The van der Waals surface area contributed by atoms with Gasteiger partial charge in [0.25, 0.3) is 5.91 Å². The maximum absolute atomic E-state index is 14.1. The summed E-state index contributed by atoms with van der Waals surface area (Å²) < 4.78 is 13.4. The molecular weight excluding hydrogens is 571 g/mol. The molecule has 0 bridgehead atoms. The summed E-state index contributed by atoms with van der Waals surface area (Å²) in [6.45, 7) is 3.56. The summed E-state index contributed by atoms with van der Waals surface area (Å²) in [6.07, 6.45) is 3.35. The average molecular weight is 613 g/mol. The van der Waals surface area contributed by atoms with Crippen LogP contribution in [0.1, 0.15) is 58.6 Å². The van der Waals surface area contributed by atoms with Crippen LogP contribution in [-0.4, -0.2) is 72.9 Å². The molecule has 0 unspecified atom stereocenters. The van der Waals surface area contributed by atoms with Crippen LogP contribution in [-0.2, 0) is 11.3 Å². The average Bonchev–Trinajstić information content (AvgIpc) is 3.47. The van der Waals surface area contributed by atoms with E-state index in [1.807, 2.05) is 62.4 Å². The van der Waals surface area contributed by atoms with Crippen LogP contribution in [0, 0.1) is 5.82 Å². The predicted octanol–water partition coefficient (Wildman–Crippen LogP) is 5.43. The molecule has 1 aliphatic heterocycles. The van der Waals surface area contributed by atoms with E-state index in [1.54, 1.807) is 36.2 Å². The van der Waals surface area contributed by atoms with Crippen molar-refractivity contribution in [3.63, 3.8) is 0 Å². The van der Waals surface area contributed by atoms with E-state index in [0.29, 0.717) is 30.9 Å². The molecule has 0 saturated carbocycles. The van der Waals surface area contributed by atoms with Crippen molar-refractivity contribution < 1.29 is 18.8 Å². The first-order valence-electron chi connectivity index (χ1n) is 15.3. The minimum atomic E-state index is -0.943. The number of likely N-dealkylation sites (tertiary alicyclic amines) is 1. The van der Waals surface area contributed by atoms with Gasteiger partial charge in [-0.05, 0) is 79.9 Å². The number of fused-ring (bicyclic) bond motifs is 1. The summed E-state index contributed by atoms with van der Waals surface area (Å²) >= 11 is 0. The number of rotatable bonds is 9. The van der Waals surface area contributed by atoms with Crippen molar-refractivity contribution in [2.75, 3.05) is 39.5 Å². The highest BCUT2D eigenvalue weighted by Gasteiger charge is 2.33. The van der Waals surface area contributed by atoms with Crippen LogP contribution >= 0.6 is 0 Å². The number of hydrogen-bond donors (Lipinski definition) is 4. The number of carbonyl (C=O) groups is 3. The minimum Gasteiger partial charge on any atom is -0.361 e. The first kappa shape index (κ1) is 31.7. The Hall–Kier alpha value is -4.70. The molecule has 9 nitrogen and oxygen atoms in total. The Kier molecular flexibility index (Phi) is 9.83. The number of amides is 4. The predicted molar refractivity (Wildman–Crippen MR) is 175 cm³/mol. The summed E-state index contributed by atoms with van der Waals surface area (Å²) in [7, 11) is 5.44. The zero-order valence-corrected chi connectivity index (χ0v) is 26.2. The third-order valence-electron chi connectivity index (χ3n) is 8.61. The molecule has 1 aliphatic rings. The molecule has 1 aromatic heterocycles. The molecule has 4 amide bonds. The second-order valence-electron chi connectivity index (χ2n) is 12.0. The maximum Gasteiger partial charge on any atom is 0.318 e. The number of nitrogens with one attached hydrogen (secondary N) is 4. The zero-order valence-electron chi connectivity index (χ0n) is 26.2. The van der Waals surface area contributed by atoms with Gasteiger partial charge in [0.1, 0.15) is 11.9 Å². The van der Waals surface area contributed by atoms with E-state index < -0.39 is 17.9 Å². The van der Waals surface area contributed by atoms with Crippen molar-refractivity contribution in [2.45, 2.75) is 44.2 Å². The molecule has 2 atom stereocenters. The van der Waals surface area contributed by atoms with E-state index in [1.165, 1.54) is 12.1 Å². The highest BCUT2D eigenvalue weighted by Crippen LogP contribution is 2.31. The normalized spacial score (nSPS) is 15.1. The third-order valence-corrected chi connectivity index (χ3v) is 8.61. The number of aromatic amines is 1. The summed E-state index contributed by atoms with van der Waals surface area (Å²) in [4.78, 5) is 47.6. The fraction of sp³-hybridized carbons (Fsp3) is 0.343. The van der Waals surface area contributed by atoms with Crippen molar-refractivity contribution >= 4 is 34.4 Å². The summed E-state index contributed by atoms with van der Waals surface area (Å²) in [5, 5.41) is 9.63. The van der Waals surface area contributed by atoms with Crippen molar-refractivity contribution in [1.82, 2.24) is 25.4 Å². The van der Waals surface area contributed by atoms with Crippen LogP contribution in [0.5, 0.6) is 0 Å².